The summed E-state index contributed by atoms with van der Waals surface area (Å²) in [6.45, 7) is 0.421. The molecular formula is C33H29Cl3F3N3O4S. The van der Waals surface area contributed by atoms with E-state index < -0.39 is 56.9 Å². The van der Waals surface area contributed by atoms with Crippen molar-refractivity contribution in [2.45, 2.75) is 37.0 Å². The van der Waals surface area contributed by atoms with Gasteiger partial charge in [0.1, 0.15) is 12.6 Å². The number of benzene rings is 4. The van der Waals surface area contributed by atoms with Gasteiger partial charge in [0.2, 0.25) is 11.8 Å². The van der Waals surface area contributed by atoms with Gasteiger partial charge in [-0.2, -0.15) is 13.2 Å². The smallest absolute Gasteiger partial charge is 0.357 e. The van der Waals surface area contributed by atoms with Gasteiger partial charge in [-0.15, -0.1) is 0 Å². The molecule has 0 saturated heterocycles. The number of likely N-dealkylation sites (N-methyl/N-ethyl adjacent to an activating group) is 1. The van der Waals surface area contributed by atoms with E-state index in [0.29, 0.717) is 15.9 Å². The third kappa shape index (κ3) is 8.58. The molecule has 4 aromatic carbocycles. The number of sulfonamides is 1. The lowest BCUT2D eigenvalue weighted by atomic mass is 10.0. The molecule has 0 unspecified atom stereocenters. The Hall–Kier alpha value is -3.77. The van der Waals surface area contributed by atoms with Gasteiger partial charge in [-0.1, -0.05) is 88.9 Å². The lowest BCUT2D eigenvalue weighted by Gasteiger charge is -2.34. The molecule has 4 aromatic rings. The Kier molecular flexibility index (Phi) is 11.5. The van der Waals surface area contributed by atoms with Crippen LogP contribution in [0.5, 0.6) is 0 Å². The van der Waals surface area contributed by atoms with E-state index in [1.54, 1.807) is 43.3 Å². The highest BCUT2D eigenvalue weighted by atomic mass is 35.5. The summed E-state index contributed by atoms with van der Waals surface area (Å²) in [6, 6.07) is 20.4. The molecule has 0 fully saturated rings. The van der Waals surface area contributed by atoms with Crippen LogP contribution in [0, 0.1) is 6.92 Å². The van der Waals surface area contributed by atoms with Crippen LogP contribution >= 0.6 is 34.8 Å². The predicted molar refractivity (Wildman–Crippen MR) is 177 cm³/mol. The van der Waals surface area contributed by atoms with Crippen molar-refractivity contribution in [2.75, 3.05) is 17.9 Å². The lowest BCUT2D eigenvalue weighted by molar-refractivity contribution is -0.139. The van der Waals surface area contributed by atoms with Crippen LogP contribution in [0.2, 0.25) is 15.1 Å². The van der Waals surface area contributed by atoms with Crippen LogP contribution in [-0.4, -0.2) is 44.8 Å². The normalized spacial score (nSPS) is 12.3. The number of rotatable bonds is 11. The molecule has 248 valence electrons. The summed E-state index contributed by atoms with van der Waals surface area (Å²) < 4.78 is 70.5. The van der Waals surface area contributed by atoms with E-state index >= 15 is 0 Å². The molecule has 0 bridgehead atoms. The number of amides is 2. The number of nitrogens with one attached hydrogen (secondary N) is 1. The summed E-state index contributed by atoms with van der Waals surface area (Å²) in [5.74, 6) is -1.49. The zero-order chi connectivity index (χ0) is 34.5. The van der Waals surface area contributed by atoms with E-state index in [1.807, 2.05) is 0 Å². The monoisotopic (exact) mass is 725 g/mol. The summed E-state index contributed by atoms with van der Waals surface area (Å²) >= 11 is 18.7. The Morgan fingerprint density at radius 2 is 1.47 bits per heavy atom. The molecule has 0 radical (unpaired) electrons. The Morgan fingerprint density at radius 1 is 0.851 bits per heavy atom. The Bertz CT molecular complexity index is 1840. The molecule has 0 aliphatic heterocycles. The predicted octanol–water partition coefficient (Wildman–Crippen LogP) is 7.56. The minimum absolute atomic E-state index is 0.0121. The van der Waals surface area contributed by atoms with Crippen LogP contribution in [-0.2, 0) is 38.8 Å². The molecule has 0 spiro atoms. The van der Waals surface area contributed by atoms with Crippen molar-refractivity contribution in [3.63, 3.8) is 0 Å². The van der Waals surface area contributed by atoms with Gasteiger partial charge in [-0.25, -0.2) is 8.42 Å². The van der Waals surface area contributed by atoms with Crippen molar-refractivity contribution in [1.29, 1.82) is 0 Å². The second-order valence-corrected chi connectivity index (χ2v) is 13.6. The third-order valence-corrected chi connectivity index (χ3v) is 10.2. The fraction of sp³-hybridized carbons (Fsp3) is 0.212. The van der Waals surface area contributed by atoms with Crippen LogP contribution in [0.1, 0.15) is 22.3 Å². The average Bonchev–Trinajstić information content (AvgIpc) is 3.02. The highest BCUT2D eigenvalue weighted by Gasteiger charge is 2.38. The number of aryl methyl sites for hydroxylation is 1. The number of anilines is 1. The molecule has 1 N–H and O–H groups in total. The van der Waals surface area contributed by atoms with Gasteiger partial charge in [0, 0.05) is 35.6 Å². The minimum Gasteiger partial charge on any atom is -0.357 e. The fourth-order valence-corrected chi connectivity index (χ4v) is 6.97. The Balaban J connectivity index is 1.88. The number of carbonyl (C=O) groups excluding carboxylic acids is 2. The van der Waals surface area contributed by atoms with Gasteiger partial charge >= 0.3 is 6.18 Å². The second-order valence-electron chi connectivity index (χ2n) is 10.5. The van der Waals surface area contributed by atoms with Crippen molar-refractivity contribution in [1.82, 2.24) is 10.2 Å². The topological polar surface area (TPSA) is 86.8 Å². The van der Waals surface area contributed by atoms with Crippen LogP contribution in [0.3, 0.4) is 0 Å². The van der Waals surface area contributed by atoms with Gasteiger partial charge in [-0.3, -0.25) is 13.9 Å². The van der Waals surface area contributed by atoms with Crippen molar-refractivity contribution in [3.05, 3.63) is 128 Å². The van der Waals surface area contributed by atoms with Crippen molar-refractivity contribution >= 4 is 62.3 Å². The summed E-state index contributed by atoms with van der Waals surface area (Å²) in [7, 11) is -3.27. The van der Waals surface area contributed by atoms with Crippen LogP contribution in [0.4, 0.5) is 18.9 Å². The molecule has 0 aliphatic carbocycles. The first-order valence-electron chi connectivity index (χ1n) is 14.1. The van der Waals surface area contributed by atoms with Gasteiger partial charge in [0.05, 0.1) is 21.2 Å². The first-order chi connectivity index (χ1) is 22.1. The molecule has 7 nitrogen and oxygen atoms in total. The molecule has 1 atom stereocenters. The maximum Gasteiger partial charge on any atom is 0.417 e. The van der Waals surface area contributed by atoms with E-state index in [1.165, 1.54) is 43.4 Å². The minimum atomic E-state index is -4.93. The van der Waals surface area contributed by atoms with Crippen molar-refractivity contribution in [2.24, 2.45) is 0 Å². The van der Waals surface area contributed by atoms with E-state index in [4.69, 9.17) is 34.8 Å². The standard InChI is InChI=1S/C33H29Cl3F3N3O4S/c1-21-11-14-24(15-12-21)47(45,46)42(23-13-16-29(36)26(18-23)33(37,38)39)20-31(43)41(19-25-27(34)9-6-10-28(25)35)30(32(44)40-2)17-22-7-4-3-5-8-22/h3-16,18,30H,17,19-20H2,1-2H3,(H,40,44)/t30-/m1/s1. The van der Waals surface area contributed by atoms with Gasteiger partial charge < -0.3 is 10.2 Å². The number of carbonyl (C=O) groups is 2. The Labute approximate surface area is 285 Å². The quantitative estimate of drug-likeness (QED) is 0.173. The second kappa shape index (κ2) is 15.0. The fourth-order valence-electron chi connectivity index (χ4n) is 4.83. The molecule has 0 heterocycles. The number of hydrogen-bond acceptors (Lipinski definition) is 4. The molecule has 4 rings (SSSR count). The SMILES string of the molecule is CNC(=O)[C@@H](Cc1ccccc1)N(Cc1c(Cl)cccc1Cl)C(=O)CN(c1ccc(Cl)c(C(F)(F)F)c1)S(=O)(=O)c1ccc(C)cc1. The van der Waals surface area contributed by atoms with E-state index in [2.05, 4.69) is 5.32 Å². The van der Waals surface area contributed by atoms with Gasteiger partial charge in [0.15, 0.2) is 0 Å². The molecule has 2 amide bonds. The van der Waals surface area contributed by atoms with Gasteiger partial charge in [-0.05, 0) is 55.0 Å². The van der Waals surface area contributed by atoms with Crippen LogP contribution in [0.25, 0.3) is 0 Å². The number of alkyl halides is 3. The molecule has 0 aromatic heterocycles. The molecule has 47 heavy (non-hydrogen) atoms. The zero-order valence-corrected chi connectivity index (χ0v) is 28.1. The van der Waals surface area contributed by atoms with Gasteiger partial charge in [0.25, 0.3) is 10.0 Å². The summed E-state index contributed by atoms with van der Waals surface area (Å²) in [5.41, 5.74) is -0.0635. The maximum atomic E-state index is 14.4. The number of hydrogen-bond donors (Lipinski definition) is 1. The van der Waals surface area contributed by atoms with E-state index in [9.17, 15) is 31.2 Å². The van der Waals surface area contributed by atoms with Crippen molar-refractivity contribution in [3.8, 4) is 0 Å². The zero-order valence-electron chi connectivity index (χ0n) is 25.1. The summed E-state index contributed by atoms with van der Waals surface area (Å²) in [4.78, 5) is 28.6. The van der Waals surface area contributed by atoms with Crippen LogP contribution < -0.4 is 9.62 Å². The Morgan fingerprint density at radius 3 is 2.04 bits per heavy atom. The summed E-state index contributed by atoms with van der Waals surface area (Å²) in [6.07, 6.45) is -4.92. The maximum absolute atomic E-state index is 14.4. The first-order valence-corrected chi connectivity index (χ1v) is 16.6. The summed E-state index contributed by atoms with van der Waals surface area (Å²) in [5, 5.41) is 2.25. The molecule has 14 heteroatoms. The molecular weight excluding hydrogens is 698 g/mol. The molecule has 0 saturated carbocycles. The number of nitrogens with zero attached hydrogens (tertiary/aromatic N) is 2. The average molecular weight is 727 g/mol. The van der Waals surface area contributed by atoms with E-state index in [0.717, 1.165) is 22.6 Å². The lowest BCUT2D eigenvalue weighted by Crippen LogP contribution is -2.53. The van der Waals surface area contributed by atoms with Crippen LogP contribution in [0.15, 0.2) is 95.9 Å². The highest BCUT2D eigenvalue weighted by molar-refractivity contribution is 7.92. The molecule has 0 aliphatic rings. The largest absolute Gasteiger partial charge is 0.417 e. The van der Waals surface area contributed by atoms with Crippen molar-refractivity contribution < 1.29 is 31.2 Å². The number of halogens is 6. The van der Waals surface area contributed by atoms with E-state index in [-0.39, 0.29) is 33.5 Å². The highest BCUT2D eigenvalue weighted by Crippen LogP contribution is 2.38. The first kappa shape index (κ1) is 36.1. The third-order valence-electron chi connectivity index (χ3n) is 7.34.